The molecule has 0 bridgehead atoms. The van der Waals surface area contributed by atoms with Gasteiger partial charge in [-0.15, -0.1) is 0 Å². The number of benzene rings is 3. The van der Waals surface area contributed by atoms with Crippen LogP contribution in [0.1, 0.15) is 0 Å². The molecule has 0 aliphatic carbocycles. The van der Waals surface area contributed by atoms with Crippen molar-refractivity contribution >= 4 is 33.3 Å². The number of hydrogen-bond donors (Lipinski definition) is 0. The van der Waals surface area contributed by atoms with E-state index in [1.54, 1.807) is 36.4 Å². The summed E-state index contributed by atoms with van der Waals surface area (Å²) in [5, 5.41) is 0.612. The van der Waals surface area contributed by atoms with Crippen LogP contribution in [0.25, 0.3) is 11.1 Å². The second kappa shape index (κ2) is 7.84. The Morgan fingerprint density at radius 2 is 1.66 bits per heavy atom. The SMILES string of the molecule is O=S(=O)(OCC1Oc2cc(F)cc(-c3c(Cl)cccc3Cl)c2O1)c1ccccc1. The van der Waals surface area contributed by atoms with Crippen LogP contribution >= 0.6 is 23.2 Å². The molecule has 0 radical (unpaired) electrons. The highest BCUT2D eigenvalue weighted by atomic mass is 35.5. The number of fused-ring (bicyclic) bond motifs is 1. The normalized spacial score (nSPS) is 15.5. The standard InChI is InChI=1S/C20H13Cl2FO5S/c21-15-7-4-8-16(22)19(15)14-9-12(23)10-17-20(14)28-18(27-17)11-26-29(24,25)13-5-2-1-3-6-13/h1-10,18H,11H2. The van der Waals surface area contributed by atoms with Crippen LogP contribution in [0.3, 0.4) is 0 Å². The van der Waals surface area contributed by atoms with Crippen LogP contribution in [0.4, 0.5) is 4.39 Å². The summed E-state index contributed by atoms with van der Waals surface area (Å²) in [6, 6.07) is 14.9. The van der Waals surface area contributed by atoms with E-state index in [1.807, 2.05) is 0 Å². The van der Waals surface area contributed by atoms with Gasteiger partial charge < -0.3 is 9.47 Å². The maximum Gasteiger partial charge on any atom is 0.297 e. The van der Waals surface area contributed by atoms with Gasteiger partial charge in [0.1, 0.15) is 12.4 Å². The number of halogens is 3. The summed E-state index contributed by atoms with van der Waals surface area (Å²) in [4.78, 5) is 0.00472. The van der Waals surface area contributed by atoms with E-state index < -0.39 is 28.8 Å². The average molecular weight is 455 g/mol. The highest BCUT2D eigenvalue weighted by Crippen LogP contribution is 2.47. The fourth-order valence-corrected chi connectivity index (χ4v) is 4.40. The molecule has 1 aliphatic rings. The van der Waals surface area contributed by atoms with Crippen molar-refractivity contribution in [2.75, 3.05) is 6.61 Å². The second-order valence-corrected chi connectivity index (χ2v) is 8.52. The zero-order valence-corrected chi connectivity index (χ0v) is 17.0. The van der Waals surface area contributed by atoms with E-state index in [1.165, 1.54) is 18.2 Å². The third kappa shape index (κ3) is 4.04. The number of rotatable bonds is 5. The zero-order valence-electron chi connectivity index (χ0n) is 14.6. The molecule has 0 N–H and O–H groups in total. The Hall–Kier alpha value is -2.32. The molecule has 0 spiro atoms. The predicted molar refractivity (Wildman–Crippen MR) is 106 cm³/mol. The minimum Gasteiger partial charge on any atom is -0.448 e. The third-order valence-electron chi connectivity index (χ3n) is 4.15. The van der Waals surface area contributed by atoms with Crippen LogP contribution in [0, 0.1) is 5.82 Å². The van der Waals surface area contributed by atoms with Crippen LogP contribution in [0.5, 0.6) is 11.5 Å². The van der Waals surface area contributed by atoms with Crippen molar-refractivity contribution < 1.29 is 26.5 Å². The highest BCUT2D eigenvalue weighted by Gasteiger charge is 2.31. The van der Waals surface area contributed by atoms with Crippen molar-refractivity contribution in [2.24, 2.45) is 0 Å². The molecule has 4 rings (SSSR count). The van der Waals surface area contributed by atoms with Gasteiger partial charge in [0.05, 0.1) is 14.9 Å². The Morgan fingerprint density at radius 1 is 0.966 bits per heavy atom. The van der Waals surface area contributed by atoms with Gasteiger partial charge >= 0.3 is 0 Å². The maximum atomic E-state index is 14.1. The molecule has 3 aromatic carbocycles. The van der Waals surface area contributed by atoms with Gasteiger partial charge in [-0.25, -0.2) is 4.39 Å². The fourth-order valence-electron chi connectivity index (χ4n) is 2.88. The van der Waals surface area contributed by atoms with E-state index in [9.17, 15) is 12.8 Å². The lowest BCUT2D eigenvalue weighted by atomic mass is 10.0. The van der Waals surface area contributed by atoms with Gasteiger partial charge in [0.15, 0.2) is 11.5 Å². The van der Waals surface area contributed by atoms with Crippen molar-refractivity contribution in [1.82, 2.24) is 0 Å². The molecule has 0 fully saturated rings. The van der Waals surface area contributed by atoms with Crippen molar-refractivity contribution in [3.8, 4) is 22.6 Å². The quantitative estimate of drug-likeness (QED) is 0.489. The molecule has 1 heterocycles. The first-order valence-electron chi connectivity index (χ1n) is 8.41. The summed E-state index contributed by atoms with van der Waals surface area (Å²) in [5.74, 6) is -0.286. The molecule has 5 nitrogen and oxygen atoms in total. The molecule has 1 unspecified atom stereocenters. The summed E-state index contributed by atoms with van der Waals surface area (Å²) in [7, 11) is -4.00. The van der Waals surface area contributed by atoms with Crippen LogP contribution in [0.15, 0.2) is 65.6 Å². The molecule has 0 aromatic heterocycles. The van der Waals surface area contributed by atoms with Gasteiger partial charge in [-0.2, -0.15) is 8.42 Å². The van der Waals surface area contributed by atoms with E-state index in [4.69, 9.17) is 36.9 Å². The second-order valence-electron chi connectivity index (χ2n) is 6.09. The summed E-state index contributed by atoms with van der Waals surface area (Å²) in [5.41, 5.74) is 0.678. The number of ether oxygens (including phenoxy) is 2. The first kappa shape index (κ1) is 20.0. The Bertz CT molecular complexity index is 1150. The van der Waals surface area contributed by atoms with Crippen LogP contribution < -0.4 is 9.47 Å². The molecule has 150 valence electrons. The molecule has 9 heteroatoms. The zero-order chi connectivity index (χ0) is 20.6. The van der Waals surface area contributed by atoms with Crippen molar-refractivity contribution in [3.63, 3.8) is 0 Å². The van der Waals surface area contributed by atoms with Crippen LogP contribution in [0.2, 0.25) is 10.0 Å². The van der Waals surface area contributed by atoms with Crippen LogP contribution in [-0.2, 0) is 14.3 Å². The van der Waals surface area contributed by atoms with Gasteiger partial charge in [-0.05, 0) is 30.3 Å². The van der Waals surface area contributed by atoms with Crippen LogP contribution in [-0.4, -0.2) is 21.3 Å². The minimum atomic E-state index is -4.00. The Labute approximate surface area is 176 Å². The molecule has 1 atom stereocenters. The maximum absolute atomic E-state index is 14.1. The largest absolute Gasteiger partial charge is 0.448 e. The first-order valence-corrected chi connectivity index (χ1v) is 10.6. The van der Waals surface area contributed by atoms with E-state index in [-0.39, 0.29) is 16.4 Å². The van der Waals surface area contributed by atoms with E-state index in [0.717, 1.165) is 6.07 Å². The molecule has 29 heavy (non-hydrogen) atoms. The smallest absolute Gasteiger partial charge is 0.297 e. The van der Waals surface area contributed by atoms with Crippen molar-refractivity contribution in [3.05, 3.63) is 76.5 Å². The highest BCUT2D eigenvalue weighted by molar-refractivity contribution is 7.86. The van der Waals surface area contributed by atoms with E-state index in [2.05, 4.69) is 0 Å². The number of hydrogen-bond acceptors (Lipinski definition) is 5. The fraction of sp³-hybridized carbons (Fsp3) is 0.100. The summed E-state index contributed by atoms with van der Waals surface area (Å²) in [6.07, 6.45) is -1.09. The Kier molecular flexibility index (Phi) is 5.40. The molecule has 0 saturated carbocycles. The van der Waals surface area contributed by atoms with E-state index >= 15 is 0 Å². The van der Waals surface area contributed by atoms with Gasteiger partial charge in [0.2, 0.25) is 0 Å². The monoisotopic (exact) mass is 454 g/mol. The predicted octanol–water partition coefficient (Wildman–Crippen LogP) is 5.30. The van der Waals surface area contributed by atoms with E-state index in [0.29, 0.717) is 21.2 Å². The van der Waals surface area contributed by atoms with Gasteiger partial charge in [0, 0.05) is 17.2 Å². The first-order chi connectivity index (χ1) is 13.8. The molecular formula is C20H13Cl2FO5S. The lowest BCUT2D eigenvalue weighted by Crippen LogP contribution is -2.26. The molecule has 0 amide bonds. The molecular weight excluding hydrogens is 442 g/mol. The summed E-state index contributed by atoms with van der Waals surface area (Å²) < 4.78 is 54.9. The summed E-state index contributed by atoms with van der Waals surface area (Å²) in [6.45, 7) is -0.427. The minimum absolute atomic E-state index is 0.00472. The molecule has 3 aromatic rings. The average Bonchev–Trinajstić information content (AvgIpc) is 3.10. The van der Waals surface area contributed by atoms with Gasteiger partial charge in [-0.1, -0.05) is 47.5 Å². The third-order valence-corrected chi connectivity index (χ3v) is 6.08. The van der Waals surface area contributed by atoms with Gasteiger partial charge in [-0.3, -0.25) is 4.18 Å². The lowest BCUT2D eigenvalue weighted by Gasteiger charge is -2.12. The summed E-state index contributed by atoms with van der Waals surface area (Å²) >= 11 is 12.5. The Morgan fingerprint density at radius 3 is 2.34 bits per heavy atom. The van der Waals surface area contributed by atoms with Crippen molar-refractivity contribution in [1.29, 1.82) is 0 Å². The van der Waals surface area contributed by atoms with Crippen molar-refractivity contribution in [2.45, 2.75) is 11.2 Å². The topological polar surface area (TPSA) is 61.8 Å². The molecule has 0 saturated heterocycles. The lowest BCUT2D eigenvalue weighted by molar-refractivity contribution is 0.00988. The Balaban J connectivity index is 1.59. The van der Waals surface area contributed by atoms with Gasteiger partial charge in [0.25, 0.3) is 16.4 Å². The molecule has 1 aliphatic heterocycles.